The van der Waals surface area contributed by atoms with E-state index in [1.54, 1.807) is 5.32 Å². The van der Waals surface area contributed by atoms with E-state index in [9.17, 15) is 13.6 Å². The standard InChI is InChI=1S/C4H6F2NO/c1-3(8)7-4(6)2-5/h2H2,1H3,(H,7,8). The van der Waals surface area contributed by atoms with Crippen LogP contribution in [0, 0.1) is 6.30 Å². The van der Waals surface area contributed by atoms with Crippen molar-refractivity contribution >= 4 is 5.91 Å². The van der Waals surface area contributed by atoms with Gasteiger partial charge in [0.15, 0.2) is 0 Å². The van der Waals surface area contributed by atoms with Crippen molar-refractivity contribution in [1.29, 1.82) is 0 Å². The molecule has 0 fully saturated rings. The fourth-order valence-corrected chi connectivity index (χ4v) is 0.224. The second-order valence-electron chi connectivity index (χ2n) is 1.22. The largest absolute Gasteiger partial charge is 0.318 e. The van der Waals surface area contributed by atoms with Crippen LogP contribution in [0.25, 0.3) is 0 Å². The van der Waals surface area contributed by atoms with Crippen molar-refractivity contribution in [3.05, 3.63) is 6.30 Å². The van der Waals surface area contributed by atoms with Gasteiger partial charge in [-0.3, -0.25) is 4.79 Å². The molecule has 2 nitrogen and oxygen atoms in total. The number of carbonyl (C=O) groups is 1. The third-order valence-corrected chi connectivity index (χ3v) is 0.429. The summed E-state index contributed by atoms with van der Waals surface area (Å²) < 4.78 is 22.7. The second kappa shape index (κ2) is 3.35. The molecule has 0 bridgehead atoms. The van der Waals surface area contributed by atoms with E-state index in [0.717, 1.165) is 6.92 Å². The second-order valence-corrected chi connectivity index (χ2v) is 1.22. The molecule has 0 aromatic heterocycles. The van der Waals surface area contributed by atoms with Gasteiger partial charge in [-0.05, 0) is 0 Å². The molecule has 0 atom stereocenters. The Labute approximate surface area is 45.9 Å². The van der Waals surface area contributed by atoms with Crippen molar-refractivity contribution in [1.82, 2.24) is 5.32 Å². The fourth-order valence-electron chi connectivity index (χ4n) is 0.224. The summed E-state index contributed by atoms with van der Waals surface area (Å²) in [6.07, 6.45) is -1.14. The minimum Gasteiger partial charge on any atom is -0.318 e. The number of amides is 1. The summed E-state index contributed by atoms with van der Waals surface area (Å²) in [7, 11) is 0. The third kappa shape index (κ3) is 3.52. The number of hydrogen-bond acceptors (Lipinski definition) is 1. The van der Waals surface area contributed by atoms with Crippen LogP contribution in [-0.2, 0) is 4.79 Å². The Kier molecular flexibility index (Phi) is 3.07. The van der Waals surface area contributed by atoms with E-state index in [2.05, 4.69) is 0 Å². The van der Waals surface area contributed by atoms with Crippen LogP contribution in [0.3, 0.4) is 0 Å². The smallest absolute Gasteiger partial charge is 0.266 e. The maximum Gasteiger partial charge on any atom is 0.266 e. The topological polar surface area (TPSA) is 29.1 Å². The van der Waals surface area contributed by atoms with E-state index in [4.69, 9.17) is 0 Å². The molecule has 0 heterocycles. The molecule has 0 aromatic carbocycles. The molecule has 1 radical (unpaired) electrons. The Morgan fingerprint density at radius 1 is 1.75 bits per heavy atom. The highest BCUT2D eigenvalue weighted by atomic mass is 19.2. The maximum atomic E-state index is 11.6. The van der Waals surface area contributed by atoms with Gasteiger partial charge < -0.3 is 5.32 Å². The van der Waals surface area contributed by atoms with Crippen LogP contribution in [0.1, 0.15) is 6.92 Å². The lowest BCUT2D eigenvalue weighted by atomic mass is 10.6. The Hall–Kier alpha value is -0.670. The van der Waals surface area contributed by atoms with Crippen LogP contribution in [0.5, 0.6) is 0 Å². The first-order valence-corrected chi connectivity index (χ1v) is 2.01. The van der Waals surface area contributed by atoms with Gasteiger partial charge in [-0.25, -0.2) is 8.78 Å². The summed E-state index contributed by atoms with van der Waals surface area (Å²) in [5, 5.41) is 1.63. The van der Waals surface area contributed by atoms with Crippen LogP contribution < -0.4 is 5.32 Å². The molecule has 0 unspecified atom stereocenters. The lowest BCUT2D eigenvalue weighted by Crippen LogP contribution is -2.23. The van der Waals surface area contributed by atoms with E-state index >= 15 is 0 Å². The number of nitrogens with one attached hydrogen (secondary N) is 1. The quantitative estimate of drug-likeness (QED) is 0.532. The molecule has 0 aromatic rings. The zero-order valence-electron chi connectivity index (χ0n) is 4.37. The molecular weight excluding hydrogens is 116 g/mol. The van der Waals surface area contributed by atoms with Gasteiger partial charge in [0.2, 0.25) is 5.91 Å². The highest BCUT2D eigenvalue weighted by Crippen LogP contribution is 1.94. The van der Waals surface area contributed by atoms with Crippen molar-refractivity contribution in [2.75, 3.05) is 6.67 Å². The Balaban J connectivity index is 3.24. The molecule has 0 spiro atoms. The zero-order chi connectivity index (χ0) is 6.57. The first-order valence-electron chi connectivity index (χ1n) is 2.01. The van der Waals surface area contributed by atoms with Crippen molar-refractivity contribution < 1.29 is 13.6 Å². The van der Waals surface area contributed by atoms with E-state index in [1.165, 1.54) is 0 Å². The number of alkyl halides is 1. The predicted octanol–water partition coefficient (Wildman–Crippen LogP) is 0.551. The fraction of sp³-hybridized carbons (Fsp3) is 0.500. The SMILES string of the molecule is CC(=O)N[C](F)CF. The third-order valence-electron chi connectivity index (χ3n) is 0.429. The number of hydrogen-bond donors (Lipinski definition) is 1. The zero-order valence-corrected chi connectivity index (χ0v) is 4.37. The molecule has 0 aliphatic carbocycles. The molecule has 0 saturated heterocycles. The monoisotopic (exact) mass is 122 g/mol. The summed E-state index contributed by atoms with van der Waals surface area (Å²) in [4.78, 5) is 9.87. The summed E-state index contributed by atoms with van der Waals surface area (Å²) >= 11 is 0. The van der Waals surface area contributed by atoms with Crippen LogP contribution in [0.15, 0.2) is 0 Å². The normalized spacial score (nSPS) is 9.50. The molecule has 0 aliphatic rings. The van der Waals surface area contributed by atoms with Gasteiger partial charge in [0.1, 0.15) is 6.67 Å². The van der Waals surface area contributed by atoms with Crippen molar-refractivity contribution in [2.45, 2.75) is 6.92 Å². The Morgan fingerprint density at radius 2 is 2.25 bits per heavy atom. The predicted molar refractivity (Wildman–Crippen MR) is 24.1 cm³/mol. The van der Waals surface area contributed by atoms with E-state index in [1.807, 2.05) is 0 Å². The van der Waals surface area contributed by atoms with E-state index in [-0.39, 0.29) is 0 Å². The molecule has 8 heavy (non-hydrogen) atoms. The molecular formula is C4H6F2NO. The van der Waals surface area contributed by atoms with Gasteiger partial charge in [0.25, 0.3) is 6.30 Å². The first-order chi connectivity index (χ1) is 3.66. The minimum absolute atomic E-state index is 0.597. The van der Waals surface area contributed by atoms with Crippen LogP contribution in [0.2, 0.25) is 0 Å². The summed E-state index contributed by atoms with van der Waals surface area (Å²) in [5.41, 5.74) is 0. The van der Waals surface area contributed by atoms with Crippen LogP contribution in [0.4, 0.5) is 8.78 Å². The summed E-state index contributed by atoms with van der Waals surface area (Å²) in [6, 6.07) is 0. The minimum atomic E-state index is -1.25. The van der Waals surface area contributed by atoms with E-state index in [0.29, 0.717) is 0 Å². The molecule has 47 valence electrons. The van der Waals surface area contributed by atoms with E-state index < -0.39 is 18.9 Å². The van der Waals surface area contributed by atoms with Gasteiger partial charge >= 0.3 is 0 Å². The number of halogens is 2. The highest BCUT2D eigenvalue weighted by Gasteiger charge is 2.06. The van der Waals surface area contributed by atoms with Gasteiger partial charge in [-0.1, -0.05) is 0 Å². The van der Waals surface area contributed by atoms with Crippen molar-refractivity contribution in [2.24, 2.45) is 0 Å². The maximum absolute atomic E-state index is 11.6. The number of rotatable bonds is 2. The van der Waals surface area contributed by atoms with Crippen molar-refractivity contribution in [3.63, 3.8) is 0 Å². The molecule has 0 saturated carbocycles. The van der Waals surface area contributed by atoms with Gasteiger partial charge in [0, 0.05) is 6.92 Å². The molecule has 1 amide bonds. The summed E-state index contributed by atoms with van der Waals surface area (Å²) in [5.74, 6) is -0.597. The molecule has 4 heteroatoms. The number of carbonyl (C=O) groups excluding carboxylic acids is 1. The molecule has 0 aliphatic heterocycles. The lowest BCUT2D eigenvalue weighted by molar-refractivity contribution is -0.119. The van der Waals surface area contributed by atoms with Gasteiger partial charge in [-0.2, -0.15) is 0 Å². The molecule has 0 rings (SSSR count). The van der Waals surface area contributed by atoms with Crippen LogP contribution >= 0.6 is 0 Å². The van der Waals surface area contributed by atoms with Crippen molar-refractivity contribution in [3.8, 4) is 0 Å². The van der Waals surface area contributed by atoms with Gasteiger partial charge in [0.05, 0.1) is 0 Å². The Morgan fingerprint density at radius 3 is 2.38 bits per heavy atom. The molecule has 1 N–H and O–H groups in total. The average Bonchev–Trinajstić information content (AvgIpc) is 1.65. The first kappa shape index (κ1) is 7.33. The lowest BCUT2D eigenvalue weighted by Gasteiger charge is -1.98. The highest BCUT2D eigenvalue weighted by molar-refractivity contribution is 5.73. The van der Waals surface area contributed by atoms with Crippen LogP contribution in [-0.4, -0.2) is 12.6 Å². The average molecular weight is 122 g/mol. The summed E-state index contributed by atoms with van der Waals surface area (Å²) in [6.45, 7) is -0.144. The Bertz CT molecular complexity index is 86.1. The van der Waals surface area contributed by atoms with Gasteiger partial charge in [-0.15, -0.1) is 0 Å².